The summed E-state index contributed by atoms with van der Waals surface area (Å²) in [6.45, 7) is 0.787. The van der Waals surface area contributed by atoms with Crippen molar-refractivity contribution in [1.82, 2.24) is 4.90 Å². The molecule has 0 aliphatic carbocycles. The molecule has 1 heterocycles. The van der Waals surface area contributed by atoms with Gasteiger partial charge in [-0.2, -0.15) is 0 Å². The summed E-state index contributed by atoms with van der Waals surface area (Å²) in [6, 6.07) is 6.79. The Morgan fingerprint density at radius 1 is 1.39 bits per heavy atom. The lowest BCUT2D eigenvalue weighted by Crippen LogP contribution is -2.41. The maximum Gasteiger partial charge on any atom is 0.407 e. The van der Waals surface area contributed by atoms with Crippen LogP contribution in [0, 0.1) is 5.92 Å². The Morgan fingerprint density at radius 2 is 2.17 bits per heavy atom. The molecule has 5 heteroatoms. The number of rotatable bonds is 2. The van der Waals surface area contributed by atoms with Gasteiger partial charge in [-0.15, -0.1) is 0 Å². The summed E-state index contributed by atoms with van der Waals surface area (Å²) in [7, 11) is 0. The van der Waals surface area contributed by atoms with Gasteiger partial charge in [-0.3, -0.25) is 4.79 Å². The number of carboxylic acid groups (broad SMARTS) is 1. The second kappa shape index (κ2) is 5.40. The highest BCUT2D eigenvalue weighted by molar-refractivity contribution is 6.31. The third kappa shape index (κ3) is 2.82. The van der Waals surface area contributed by atoms with Gasteiger partial charge in [0.2, 0.25) is 0 Å². The van der Waals surface area contributed by atoms with Gasteiger partial charge < -0.3 is 10.0 Å². The van der Waals surface area contributed by atoms with E-state index in [9.17, 15) is 9.59 Å². The maximum atomic E-state index is 12.2. The van der Waals surface area contributed by atoms with Crippen LogP contribution < -0.4 is 0 Å². The number of hydrogen-bond acceptors (Lipinski definition) is 2. The highest BCUT2D eigenvalue weighted by Crippen LogP contribution is 2.22. The predicted octanol–water partition coefficient (Wildman–Crippen LogP) is 2.91. The number of carbonyl (C=O) groups excluding carboxylic acids is 1. The highest BCUT2D eigenvalue weighted by Gasteiger charge is 2.28. The second-order valence-electron chi connectivity index (χ2n) is 4.44. The molecule has 4 nitrogen and oxygen atoms in total. The van der Waals surface area contributed by atoms with Gasteiger partial charge in [-0.05, 0) is 25.0 Å². The van der Waals surface area contributed by atoms with Gasteiger partial charge in [-0.25, -0.2) is 4.79 Å². The third-order valence-electron chi connectivity index (χ3n) is 3.17. The number of carbonyl (C=O) groups is 2. The van der Waals surface area contributed by atoms with Crippen molar-refractivity contribution in [2.75, 3.05) is 13.1 Å². The van der Waals surface area contributed by atoms with Crippen molar-refractivity contribution >= 4 is 23.5 Å². The molecular weight excluding hydrogens is 254 g/mol. The normalized spacial score (nSPS) is 19.6. The van der Waals surface area contributed by atoms with Gasteiger partial charge in [0.1, 0.15) is 0 Å². The molecule has 1 aromatic rings. The number of nitrogens with zero attached hydrogens (tertiary/aromatic N) is 1. The SMILES string of the molecule is O=C(c1cccc(Cl)c1)[C@@H]1CCCN(C(=O)O)C1. The quantitative estimate of drug-likeness (QED) is 0.838. The second-order valence-corrected chi connectivity index (χ2v) is 4.88. The Morgan fingerprint density at radius 3 is 2.83 bits per heavy atom. The minimum atomic E-state index is -0.960. The van der Waals surface area contributed by atoms with Gasteiger partial charge in [-0.1, -0.05) is 23.7 Å². The van der Waals surface area contributed by atoms with Crippen LogP contribution in [0.1, 0.15) is 23.2 Å². The number of halogens is 1. The minimum absolute atomic E-state index is 0.0246. The van der Waals surface area contributed by atoms with Crippen LogP contribution in [0.5, 0.6) is 0 Å². The van der Waals surface area contributed by atoms with Crippen molar-refractivity contribution < 1.29 is 14.7 Å². The first-order valence-electron chi connectivity index (χ1n) is 5.85. The molecule has 2 rings (SSSR count). The molecule has 0 saturated carbocycles. The van der Waals surface area contributed by atoms with Crippen LogP contribution in [-0.2, 0) is 0 Å². The Balaban J connectivity index is 2.11. The van der Waals surface area contributed by atoms with E-state index in [1.807, 2.05) is 0 Å². The van der Waals surface area contributed by atoms with E-state index in [-0.39, 0.29) is 18.2 Å². The van der Waals surface area contributed by atoms with Gasteiger partial charge in [0.05, 0.1) is 0 Å². The molecule has 0 unspecified atom stereocenters. The van der Waals surface area contributed by atoms with Crippen LogP contribution in [0.3, 0.4) is 0 Å². The average Bonchev–Trinajstić information content (AvgIpc) is 2.38. The van der Waals surface area contributed by atoms with Crippen molar-refractivity contribution in [2.45, 2.75) is 12.8 Å². The topological polar surface area (TPSA) is 57.6 Å². The van der Waals surface area contributed by atoms with Crippen molar-refractivity contribution in [2.24, 2.45) is 5.92 Å². The van der Waals surface area contributed by atoms with Gasteiger partial charge in [0, 0.05) is 29.6 Å². The zero-order valence-corrected chi connectivity index (χ0v) is 10.6. The number of piperidine rings is 1. The van der Waals surface area contributed by atoms with Crippen molar-refractivity contribution in [3.05, 3.63) is 34.9 Å². The van der Waals surface area contributed by atoms with E-state index in [2.05, 4.69) is 0 Å². The lowest BCUT2D eigenvalue weighted by Gasteiger charge is -2.29. The van der Waals surface area contributed by atoms with Crippen molar-refractivity contribution in [1.29, 1.82) is 0 Å². The molecule has 96 valence electrons. The maximum absolute atomic E-state index is 12.2. The Kier molecular flexibility index (Phi) is 3.87. The Labute approximate surface area is 110 Å². The average molecular weight is 268 g/mol. The van der Waals surface area contributed by atoms with Crippen LogP contribution in [-0.4, -0.2) is 35.0 Å². The van der Waals surface area contributed by atoms with E-state index in [1.54, 1.807) is 24.3 Å². The summed E-state index contributed by atoms with van der Waals surface area (Å²) >= 11 is 5.85. The van der Waals surface area contributed by atoms with E-state index in [4.69, 9.17) is 16.7 Å². The summed E-state index contributed by atoms with van der Waals surface area (Å²) in [5.41, 5.74) is 0.555. The van der Waals surface area contributed by atoms with Gasteiger partial charge >= 0.3 is 6.09 Å². The first kappa shape index (κ1) is 12.9. The summed E-state index contributed by atoms with van der Waals surface area (Å²) in [5.74, 6) is -0.281. The molecule has 1 N–H and O–H groups in total. The lowest BCUT2D eigenvalue weighted by molar-refractivity contribution is 0.0806. The molecule has 0 radical (unpaired) electrons. The predicted molar refractivity (Wildman–Crippen MR) is 68.1 cm³/mol. The van der Waals surface area contributed by atoms with E-state index >= 15 is 0 Å². The van der Waals surface area contributed by atoms with Gasteiger partial charge in [0.25, 0.3) is 0 Å². The largest absolute Gasteiger partial charge is 0.465 e. The highest BCUT2D eigenvalue weighted by atomic mass is 35.5. The van der Waals surface area contributed by atoms with Gasteiger partial charge in [0.15, 0.2) is 5.78 Å². The van der Waals surface area contributed by atoms with Crippen molar-refractivity contribution in [3.8, 4) is 0 Å². The first-order chi connectivity index (χ1) is 8.58. The fourth-order valence-corrected chi connectivity index (χ4v) is 2.43. The van der Waals surface area contributed by atoms with Crippen LogP contribution >= 0.6 is 11.6 Å². The number of ketones is 1. The number of likely N-dealkylation sites (tertiary alicyclic amines) is 1. The summed E-state index contributed by atoms with van der Waals surface area (Å²) in [5, 5.41) is 9.47. The molecule has 1 saturated heterocycles. The molecular formula is C13H14ClNO3. The molecule has 1 aliphatic heterocycles. The fraction of sp³-hybridized carbons (Fsp3) is 0.385. The van der Waals surface area contributed by atoms with Crippen LogP contribution in [0.4, 0.5) is 4.79 Å². The van der Waals surface area contributed by atoms with Crippen LogP contribution in [0.25, 0.3) is 0 Å². The standard InChI is InChI=1S/C13H14ClNO3/c14-11-5-1-3-9(7-11)12(16)10-4-2-6-15(8-10)13(17)18/h1,3,5,7,10H,2,4,6,8H2,(H,17,18)/t10-/m1/s1. The zero-order chi connectivity index (χ0) is 13.1. The monoisotopic (exact) mass is 267 g/mol. The fourth-order valence-electron chi connectivity index (χ4n) is 2.24. The lowest BCUT2D eigenvalue weighted by atomic mass is 9.90. The summed E-state index contributed by atoms with van der Waals surface area (Å²) < 4.78 is 0. The molecule has 0 spiro atoms. The van der Waals surface area contributed by atoms with E-state index < -0.39 is 6.09 Å². The summed E-state index contributed by atoms with van der Waals surface area (Å²) in [4.78, 5) is 24.5. The molecule has 1 fully saturated rings. The number of Topliss-reactive ketones (excluding diaryl/α,β-unsaturated/α-hetero) is 1. The number of hydrogen-bond donors (Lipinski definition) is 1. The number of amides is 1. The van der Waals surface area contributed by atoms with Crippen LogP contribution in [0.2, 0.25) is 5.02 Å². The molecule has 0 aromatic heterocycles. The molecule has 1 aliphatic rings. The van der Waals surface area contributed by atoms with E-state index in [1.165, 1.54) is 4.90 Å². The summed E-state index contributed by atoms with van der Waals surface area (Å²) in [6.07, 6.45) is 0.497. The Bertz CT molecular complexity index is 475. The third-order valence-corrected chi connectivity index (χ3v) is 3.41. The minimum Gasteiger partial charge on any atom is -0.465 e. The van der Waals surface area contributed by atoms with Crippen LogP contribution in [0.15, 0.2) is 24.3 Å². The molecule has 1 aromatic carbocycles. The first-order valence-corrected chi connectivity index (χ1v) is 6.23. The van der Waals surface area contributed by atoms with E-state index in [0.717, 1.165) is 12.8 Å². The number of benzene rings is 1. The smallest absolute Gasteiger partial charge is 0.407 e. The molecule has 0 bridgehead atoms. The zero-order valence-electron chi connectivity index (χ0n) is 9.80. The molecule has 1 amide bonds. The molecule has 18 heavy (non-hydrogen) atoms. The Hall–Kier alpha value is -1.55. The van der Waals surface area contributed by atoms with E-state index in [0.29, 0.717) is 17.1 Å². The van der Waals surface area contributed by atoms with Crippen molar-refractivity contribution in [3.63, 3.8) is 0 Å². The molecule has 1 atom stereocenters.